The zero-order valence-electron chi connectivity index (χ0n) is 16.0. The number of β-lactam (4-membered cyclic amide) rings is 1. The molecule has 4 atom stereocenters. The fourth-order valence-corrected chi connectivity index (χ4v) is 6.32. The molecule has 0 bridgehead atoms. The number of aliphatic hydroxyl groups is 1. The van der Waals surface area contributed by atoms with Crippen molar-refractivity contribution < 1.29 is 19.8 Å². The van der Waals surface area contributed by atoms with Crippen LogP contribution in [0.4, 0.5) is 0 Å². The van der Waals surface area contributed by atoms with Crippen LogP contribution in [-0.4, -0.2) is 69.2 Å². The predicted molar refractivity (Wildman–Crippen MR) is 108 cm³/mol. The third kappa shape index (κ3) is 3.10. The highest BCUT2D eigenvalue weighted by Gasteiger charge is 2.60. The van der Waals surface area contributed by atoms with E-state index in [1.54, 1.807) is 6.92 Å². The summed E-state index contributed by atoms with van der Waals surface area (Å²) < 4.78 is 0.777. The van der Waals surface area contributed by atoms with Crippen molar-refractivity contribution in [2.75, 3.05) is 20.1 Å². The van der Waals surface area contributed by atoms with Gasteiger partial charge in [0.05, 0.1) is 23.8 Å². The van der Waals surface area contributed by atoms with Crippen LogP contribution in [0, 0.1) is 11.8 Å². The van der Waals surface area contributed by atoms with Crippen LogP contribution in [0.3, 0.4) is 0 Å². The van der Waals surface area contributed by atoms with Crippen LogP contribution in [0.2, 0.25) is 0 Å². The zero-order chi connectivity index (χ0) is 20.2. The quantitative estimate of drug-likeness (QED) is 0.703. The van der Waals surface area contributed by atoms with Crippen LogP contribution < -0.4 is 0 Å². The van der Waals surface area contributed by atoms with E-state index in [0.29, 0.717) is 4.91 Å². The number of hydrogen-bond acceptors (Lipinski definition) is 7. The number of thioether (sulfide) groups is 1. The highest BCUT2D eigenvalue weighted by atomic mass is 32.2. The molecule has 1 aromatic rings. The van der Waals surface area contributed by atoms with E-state index in [-0.39, 0.29) is 23.6 Å². The Morgan fingerprint density at radius 3 is 2.82 bits per heavy atom. The molecule has 0 saturated carbocycles. The van der Waals surface area contributed by atoms with Gasteiger partial charge in [-0.15, -0.1) is 11.3 Å². The van der Waals surface area contributed by atoms with E-state index in [1.165, 1.54) is 33.6 Å². The largest absolute Gasteiger partial charge is 0.477 e. The Morgan fingerprint density at radius 2 is 2.21 bits per heavy atom. The Bertz CT molecular complexity index is 891. The number of carbonyl (C=O) groups is 2. The number of amides is 1. The second kappa shape index (κ2) is 7.29. The SMILES string of the molecule is C[C@@H](O)[C@H]1C(=O)N2C(C(=O)O)=C(Sc3nc(C4=CCN(C)CC4)cs3)[C@H](C)[C@H]12. The topological polar surface area (TPSA) is 94.0 Å². The van der Waals surface area contributed by atoms with Crippen molar-refractivity contribution in [2.45, 2.75) is 36.8 Å². The Kier molecular flexibility index (Phi) is 5.11. The summed E-state index contributed by atoms with van der Waals surface area (Å²) in [5.74, 6) is -2.11. The van der Waals surface area contributed by atoms with Gasteiger partial charge < -0.3 is 20.0 Å². The lowest BCUT2D eigenvalue weighted by Gasteiger charge is -2.46. The van der Waals surface area contributed by atoms with Crippen molar-refractivity contribution in [3.05, 3.63) is 27.8 Å². The van der Waals surface area contributed by atoms with Gasteiger partial charge in [0.2, 0.25) is 5.91 Å². The molecule has 0 aliphatic carbocycles. The normalized spacial score (nSPS) is 28.9. The van der Waals surface area contributed by atoms with Gasteiger partial charge in [-0.2, -0.15) is 0 Å². The highest BCUT2D eigenvalue weighted by Crippen LogP contribution is 2.52. The minimum absolute atomic E-state index is 0.0413. The van der Waals surface area contributed by atoms with Gasteiger partial charge in [0.25, 0.3) is 0 Å². The number of fused-ring (bicyclic) bond motifs is 1. The first-order valence-corrected chi connectivity index (χ1v) is 11.0. The highest BCUT2D eigenvalue weighted by molar-refractivity contribution is 8.04. The van der Waals surface area contributed by atoms with Crippen molar-refractivity contribution >= 4 is 40.5 Å². The first-order valence-electron chi connectivity index (χ1n) is 9.29. The molecule has 3 aliphatic heterocycles. The molecule has 2 N–H and O–H groups in total. The number of carboxylic acids is 1. The van der Waals surface area contributed by atoms with Crippen molar-refractivity contribution in [3.8, 4) is 0 Å². The molecule has 1 amide bonds. The van der Waals surface area contributed by atoms with E-state index in [9.17, 15) is 19.8 Å². The number of likely N-dealkylation sites (N-methyl/N-ethyl adjacent to an activating group) is 1. The lowest BCUT2D eigenvalue weighted by atomic mass is 9.79. The number of thiazole rings is 1. The maximum Gasteiger partial charge on any atom is 0.353 e. The number of rotatable bonds is 5. The van der Waals surface area contributed by atoms with Gasteiger partial charge in [-0.3, -0.25) is 4.79 Å². The molecule has 28 heavy (non-hydrogen) atoms. The first kappa shape index (κ1) is 19.6. The van der Waals surface area contributed by atoms with Crippen LogP contribution >= 0.6 is 23.1 Å². The average molecular weight is 422 g/mol. The second-order valence-corrected chi connectivity index (χ2v) is 9.76. The van der Waals surface area contributed by atoms with Gasteiger partial charge in [0.1, 0.15) is 5.70 Å². The summed E-state index contributed by atoms with van der Waals surface area (Å²) in [5.41, 5.74) is 2.21. The fraction of sp³-hybridized carbons (Fsp3) is 0.526. The average Bonchev–Trinajstić information content (AvgIpc) is 3.18. The Hall–Kier alpha value is -1.68. The molecule has 0 unspecified atom stereocenters. The van der Waals surface area contributed by atoms with E-state index in [2.05, 4.69) is 18.0 Å². The van der Waals surface area contributed by atoms with Gasteiger partial charge in [0.15, 0.2) is 4.34 Å². The summed E-state index contributed by atoms with van der Waals surface area (Å²) in [4.78, 5) is 33.2. The van der Waals surface area contributed by atoms with Crippen LogP contribution in [0.25, 0.3) is 5.57 Å². The number of hydrogen-bond donors (Lipinski definition) is 2. The van der Waals surface area contributed by atoms with Crippen LogP contribution in [0.15, 0.2) is 26.4 Å². The van der Waals surface area contributed by atoms with Crippen molar-refractivity contribution in [3.63, 3.8) is 0 Å². The summed E-state index contributed by atoms with van der Waals surface area (Å²) in [6.07, 6.45) is 2.34. The third-order valence-electron chi connectivity index (χ3n) is 5.73. The van der Waals surface area contributed by atoms with E-state index in [0.717, 1.165) is 29.5 Å². The zero-order valence-corrected chi connectivity index (χ0v) is 17.6. The summed E-state index contributed by atoms with van der Waals surface area (Å²) in [6, 6.07) is -0.294. The van der Waals surface area contributed by atoms with Crippen molar-refractivity contribution in [2.24, 2.45) is 11.8 Å². The van der Waals surface area contributed by atoms with Gasteiger partial charge >= 0.3 is 5.97 Å². The van der Waals surface area contributed by atoms with Gasteiger partial charge in [-0.1, -0.05) is 24.8 Å². The summed E-state index contributed by atoms with van der Waals surface area (Å²) in [5, 5.41) is 21.7. The molecule has 4 heterocycles. The molecule has 3 aliphatic rings. The molecular formula is C19H23N3O4S2. The van der Waals surface area contributed by atoms with Crippen molar-refractivity contribution in [1.82, 2.24) is 14.8 Å². The van der Waals surface area contributed by atoms with Crippen LogP contribution in [-0.2, 0) is 9.59 Å². The monoisotopic (exact) mass is 421 g/mol. The summed E-state index contributed by atoms with van der Waals surface area (Å²) >= 11 is 2.83. The second-order valence-electron chi connectivity index (χ2n) is 7.61. The van der Waals surface area contributed by atoms with Gasteiger partial charge in [0, 0.05) is 29.3 Å². The van der Waals surface area contributed by atoms with Crippen LogP contribution in [0.5, 0.6) is 0 Å². The summed E-state index contributed by atoms with van der Waals surface area (Å²) in [6.45, 7) is 5.41. The summed E-state index contributed by atoms with van der Waals surface area (Å²) in [7, 11) is 2.09. The molecule has 0 radical (unpaired) electrons. The standard InChI is InChI=1S/C19H23N3O4S2/c1-9-14-13(10(2)23)17(24)22(14)15(18(25)26)16(9)28-19-20-12(8-27-19)11-4-6-21(3)7-5-11/h4,8-10,13-14,23H,5-7H2,1-3H3,(H,25,26)/t9-,10-,13-,14-/m1/s1. The molecule has 7 nitrogen and oxygen atoms in total. The van der Waals surface area contributed by atoms with E-state index < -0.39 is 18.0 Å². The molecule has 1 aromatic heterocycles. The van der Waals surface area contributed by atoms with Gasteiger partial charge in [-0.05, 0) is 26.0 Å². The molecule has 0 aromatic carbocycles. The number of aliphatic hydroxyl groups excluding tert-OH is 1. The molecule has 1 fully saturated rings. The van der Waals surface area contributed by atoms with Crippen LogP contribution in [0.1, 0.15) is 26.0 Å². The minimum atomic E-state index is -1.11. The molecule has 1 saturated heterocycles. The molecule has 4 rings (SSSR count). The van der Waals surface area contributed by atoms with E-state index >= 15 is 0 Å². The smallest absolute Gasteiger partial charge is 0.353 e. The van der Waals surface area contributed by atoms with Crippen molar-refractivity contribution in [1.29, 1.82) is 0 Å². The Balaban J connectivity index is 1.59. The number of aliphatic carboxylic acids is 1. The fourth-order valence-electron chi connectivity index (χ4n) is 4.21. The maximum absolute atomic E-state index is 12.4. The molecular weight excluding hydrogens is 398 g/mol. The minimum Gasteiger partial charge on any atom is -0.477 e. The van der Waals surface area contributed by atoms with Gasteiger partial charge in [-0.25, -0.2) is 9.78 Å². The first-order chi connectivity index (χ1) is 13.3. The third-order valence-corrected chi connectivity index (χ3v) is 7.96. The number of nitrogens with zero attached hydrogens (tertiary/aromatic N) is 3. The lowest BCUT2D eigenvalue weighted by Crippen LogP contribution is -2.63. The number of aromatic nitrogens is 1. The molecule has 150 valence electrons. The van der Waals surface area contributed by atoms with E-state index in [4.69, 9.17) is 4.98 Å². The number of carbonyl (C=O) groups excluding carboxylic acids is 1. The maximum atomic E-state index is 12.4. The molecule has 9 heteroatoms. The predicted octanol–water partition coefficient (Wildman–Crippen LogP) is 2.11. The Morgan fingerprint density at radius 1 is 1.46 bits per heavy atom. The van der Waals surface area contributed by atoms with E-state index in [1.807, 2.05) is 12.3 Å². The number of carboxylic acid groups (broad SMARTS) is 1. The Labute approximate surface area is 171 Å². The lowest BCUT2D eigenvalue weighted by molar-refractivity contribution is -0.163. The molecule has 0 spiro atoms.